The Morgan fingerprint density at radius 2 is 1.77 bits per heavy atom. The Morgan fingerprint density at radius 3 is 2.60 bits per heavy atom. The Labute approximate surface area is 258 Å². The molecule has 43 heavy (non-hydrogen) atoms. The highest BCUT2D eigenvalue weighted by Crippen LogP contribution is 2.33. The van der Waals surface area contributed by atoms with Crippen molar-refractivity contribution in [1.29, 1.82) is 0 Å². The van der Waals surface area contributed by atoms with Crippen LogP contribution in [0.5, 0.6) is 11.5 Å². The lowest BCUT2D eigenvalue weighted by Crippen LogP contribution is -2.50. The summed E-state index contributed by atoms with van der Waals surface area (Å²) in [4.78, 5) is 22.7. The lowest BCUT2D eigenvalue weighted by molar-refractivity contribution is -0.132. The minimum absolute atomic E-state index is 0.0894. The van der Waals surface area contributed by atoms with Gasteiger partial charge in [0, 0.05) is 49.7 Å². The number of hydrogen-bond donors (Lipinski definition) is 0. The highest BCUT2D eigenvalue weighted by atomic mass is 35.5. The molecule has 7 rings (SSSR count). The second-order valence-corrected chi connectivity index (χ2v) is 12.8. The fourth-order valence-electron chi connectivity index (χ4n) is 5.77. The molecule has 0 saturated carbocycles. The van der Waals surface area contributed by atoms with Gasteiger partial charge in [0.15, 0.2) is 17.1 Å². The number of hydrogen-bond acceptors (Lipinski definition) is 8. The average molecular weight is 615 g/mol. The topological polar surface area (TPSA) is 85.6 Å². The zero-order valence-corrected chi connectivity index (χ0v) is 25.6. The maximum absolute atomic E-state index is 13.4. The van der Waals surface area contributed by atoms with Crippen molar-refractivity contribution < 1.29 is 14.3 Å². The van der Waals surface area contributed by atoms with Crippen molar-refractivity contribution in [1.82, 2.24) is 29.5 Å². The van der Waals surface area contributed by atoms with Crippen LogP contribution in [-0.2, 0) is 17.9 Å². The number of piperazine rings is 1. The van der Waals surface area contributed by atoms with Crippen LogP contribution >= 0.6 is 23.4 Å². The van der Waals surface area contributed by atoms with Crippen LogP contribution in [0.3, 0.4) is 0 Å². The smallest absolute Gasteiger partial charge is 0.235 e. The Balaban J connectivity index is 1.05. The molecular formula is C32H31ClN6O3S. The fraction of sp³-hybridized carbons (Fsp3) is 0.312. The van der Waals surface area contributed by atoms with E-state index < -0.39 is 0 Å². The van der Waals surface area contributed by atoms with E-state index in [2.05, 4.69) is 56.9 Å². The summed E-state index contributed by atoms with van der Waals surface area (Å²) in [5.41, 5.74) is 5.92. The molecule has 0 N–H and O–H groups in total. The van der Waals surface area contributed by atoms with Crippen LogP contribution in [0.2, 0.25) is 5.02 Å². The number of amides is 1. The summed E-state index contributed by atoms with van der Waals surface area (Å²) in [6.07, 6.45) is 0. The van der Waals surface area contributed by atoms with E-state index in [1.165, 1.54) is 17.3 Å². The van der Waals surface area contributed by atoms with E-state index in [9.17, 15) is 4.79 Å². The number of fused-ring (bicyclic) bond motifs is 4. The van der Waals surface area contributed by atoms with Crippen molar-refractivity contribution in [2.24, 2.45) is 0 Å². The lowest BCUT2D eigenvalue weighted by atomic mass is 10.1. The van der Waals surface area contributed by atoms with E-state index in [1.807, 2.05) is 42.2 Å². The van der Waals surface area contributed by atoms with E-state index in [1.54, 1.807) is 0 Å². The van der Waals surface area contributed by atoms with Gasteiger partial charge in [0.05, 0.1) is 10.8 Å². The molecule has 4 heterocycles. The number of halogens is 1. The third-order valence-electron chi connectivity index (χ3n) is 7.99. The maximum atomic E-state index is 13.4. The number of nitrogens with zero attached hydrogens (tertiary/aromatic N) is 6. The zero-order chi connectivity index (χ0) is 29.5. The van der Waals surface area contributed by atoms with Crippen molar-refractivity contribution in [2.45, 2.75) is 37.3 Å². The van der Waals surface area contributed by atoms with Crippen LogP contribution in [0, 0.1) is 6.92 Å². The molecule has 2 aromatic heterocycles. The van der Waals surface area contributed by atoms with Gasteiger partial charge in [-0.1, -0.05) is 53.2 Å². The van der Waals surface area contributed by atoms with Crippen molar-refractivity contribution in [3.05, 3.63) is 82.4 Å². The molecule has 9 nitrogen and oxygen atoms in total. The van der Waals surface area contributed by atoms with Gasteiger partial charge in [0.2, 0.25) is 17.9 Å². The van der Waals surface area contributed by atoms with Gasteiger partial charge in [-0.2, -0.15) is 0 Å². The third kappa shape index (κ3) is 5.74. The highest BCUT2D eigenvalue weighted by molar-refractivity contribution is 8.00. The SMILES string of the molecule is Cc1ccc2c(c1)c1nnc(SC(C)C(=O)N3CCN(Cc4ccc5c(c4)OCO5)CC3)nc1n2Cc1cccc(Cl)c1. The van der Waals surface area contributed by atoms with Gasteiger partial charge in [0.1, 0.15) is 5.52 Å². The van der Waals surface area contributed by atoms with Crippen LogP contribution in [0.4, 0.5) is 0 Å². The van der Waals surface area contributed by atoms with Crippen LogP contribution < -0.4 is 9.47 Å². The molecule has 0 aliphatic carbocycles. The number of benzene rings is 3. The first-order valence-corrected chi connectivity index (χ1v) is 15.6. The quantitative estimate of drug-likeness (QED) is 0.221. The van der Waals surface area contributed by atoms with Crippen LogP contribution in [0.1, 0.15) is 23.6 Å². The Kier molecular flexibility index (Phi) is 7.58. The number of carbonyl (C=O) groups is 1. The molecule has 1 unspecified atom stereocenters. The minimum atomic E-state index is -0.340. The minimum Gasteiger partial charge on any atom is -0.454 e. The number of rotatable bonds is 7. The van der Waals surface area contributed by atoms with Gasteiger partial charge in [-0.05, 0) is 61.4 Å². The van der Waals surface area contributed by atoms with E-state index in [4.69, 9.17) is 26.1 Å². The number of carbonyl (C=O) groups excluding carboxylic acids is 1. The number of ether oxygens (including phenoxy) is 2. The molecule has 0 radical (unpaired) electrons. The summed E-state index contributed by atoms with van der Waals surface area (Å²) < 4.78 is 13.1. The molecule has 5 aromatic rings. The first-order chi connectivity index (χ1) is 20.9. The summed E-state index contributed by atoms with van der Waals surface area (Å²) in [5.74, 6) is 1.68. The van der Waals surface area contributed by atoms with Gasteiger partial charge >= 0.3 is 0 Å². The molecule has 220 valence electrons. The first kappa shape index (κ1) is 27.9. The highest BCUT2D eigenvalue weighted by Gasteiger charge is 2.27. The largest absolute Gasteiger partial charge is 0.454 e. The average Bonchev–Trinajstić information content (AvgIpc) is 3.59. The predicted molar refractivity (Wildman–Crippen MR) is 168 cm³/mol. The Morgan fingerprint density at radius 1 is 0.953 bits per heavy atom. The van der Waals surface area contributed by atoms with Gasteiger partial charge in [-0.3, -0.25) is 9.69 Å². The molecule has 2 aliphatic heterocycles. The van der Waals surface area contributed by atoms with E-state index in [-0.39, 0.29) is 18.0 Å². The molecule has 11 heteroatoms. The van der Waals surface area contributed by atoms with Gasteiger partial charge in [-0.25, -0.2) is 4.98 Å². The van der Waals surface area contributed by atoms with Crippen molar-refractivity contribution in [2.75, 3.05) is 33.0 Å². The summed E-state index contributed by atoms with van der Waals surface area (Å²) in [5, 5.41) is 10.9. The molecule has 0 spiro atoms. The zero-order valence-electron chi connectivity index (χ0n) is 24.0. The van der Waals surface area contributed by atoms with Gasteiger partial charge < -0.3 is 18.9 Å². The van der Waals surface area contributed by atoms with Gasteiger partial charge in [-0.15, -0.1) is 10.2 Å². The molecule has 2 aliphatic rings. The van der Waals surface area contributed by atoms with Crippen molar-refractivity contribution in [3.63, 3.8) is 0 Å². The number of aromatic nitrogens is 4. The normalized spacial score (nSPS) is 15.8. The molecular weight excluding hydrogens is 584 g/mol. The number of thioether (sulfide) groups is 1. The van der Waals surface area contributed by atoms with Crippen LogP contribution in [-0.4, -0.2) is 73.7 Å². The van der Waals surface area contributed by atoms with Gasteiger partial charge in [0.25, 0.3) is 0 Å². The fourth-order valence-corrected chi connectivity index (χ4v) is 6.78. The first-order valence-electron chi connectivity index (χ1n) is 14.4. The third-order valence-corrected chi connectivity index (χ3v) is 9.16. The molecule has 1 fully saturated rings. The molecule has 1 amide bonds. The van der Waals surface area contributed by atoms with Crippen molar-refractivity contribution >= 4 is 51.3 Å². The molecule has 3 aromatic carbocycles. The van der Waals surface area contributed by atoms with Crippen LogP contribution in [0.25, 0.3) is 22.1 Å². The second-order valence-electron chi connectivity index (χ2n) is 11.1. The molecule has 1 saturated heterocycles. The maximum Gasteiger partial charge on any atom is 0.235 e. The second kappa shape index (κ2) is 11.7. The summed E-state index contributed by atoms with van der Waals surface area (Å²) in [6, 6.07) is 20.2. The van der Waals surface area contributed by atoms with E-state index in [0.717, 1.165) is 64.3 Å². The Bertz CT molecular complexity index is 1840. The Hall–Kier alpha value is -3.86. The standard InChI is InChI=1S/C32H31ClN6O3S/c1-20-6-8-26-25(14-20)29-30(39(26)18-22-4-3-5-24(33)15-22)34-32(36-35-29)43-21(2)31(40)38-12-10-37(11-13-38)17-23-7-9-27-28(16-23)42-19-41-27/h3-9,14-16,21H,10-13,17-19H2,1-2H3. The monoisotopic (exact) mass is 614 g/mol. The predicted octanol–water partition coefficient (Wildman–Crippen LogP) is 5.54. The summed E-state index contributed by atoms with van der Waals surface area (Å²) in [6.45, 7) is 8.65. The number of aryl methyl sites for hydroxylation is 1. The lowest BCUT2D eigenvalue weighted by Gasteiger charge is -2.35. The van der Waals surface area contributed by atoms with Crippen LogP contribution in [0.15, 0.2) is 65.8 Å². The molecule has 1 atom stereocenters. The van der Waals surface area contributed by atoms with E-state index >= 15 is 0 Å². The van der Waals surface area contributed by atoms with Crippen molar-refractivity contribution in [3.8, 4) is 11.5 Å². The summed E-state index contributed by atoms with van der Waals surface area (Å²) in [7, 11) is 0. The summed E-state index contributed by atoms with van der Waals surface area (Å²) >= 11 is 7.64. The molecule has 0 bridgehead atoms. The van der Waals surface area contributed by atoms with E-state index in [0.29, 0.717) is 29.8 Å².